The summed E-state index contributed by atoms with van der Waals surface area (Å²) in [7, 11) is 0. The van der Waals surface area contributed by atoms with Crippen LogP contribution in [0.1, 0.15) is 44.7 Å². The Balaban J connectivity index is 1.90. The van der Waals surface area contributed by atoms with Gasteiger partial charge in [0.05, 0.1) is 6.61 Å². The highest BCUT2D eigenvalue weighted by atomic mass is 19.1. The second kappa shape index (κ2) is 6.99. The van der Waals surface area contributed by atoms with E-state index in [0.29, 0.717) is 5.56 Å². The molecule has 1 unspecified atom stereocenters. The van der Waals surface area contributed by atoms with Crippen LogP contribution >= 0.6 is 0 Å². The summed E-state index contributed by atoms with van der Waals surface area (Å²) in [6.45, 7) is 8.68. The number of phenolic OH excluding ortho intramolecular Hbond substituents is 1. The minimum atomic E-state index is -0.407. The second-order valence-electron chi connectivity index (χ2n) is 7.83. The van der Waals surface area contributed by atoms with E-state index in [9.17, 15) is 9.50 Å². The van der Waals surface area contributed by atoms with Gasteiger partial charge in [0.1, 0.15) is 17.3 Å². The second-order valence-corrected chi connectivity index (χ2v) is 7.83. The summed E-state index contributed by atoms with van der Waals surface area (Å²) < 4.78 is 20.0. The number of hydrogen-bond donors (Lipinski definition) is 1. The summed E-state index contributed by atoms with van der Waals surface area (Å²) in [6, 6.07) is 16.7. The number of halogens is 1. The fourth-order valence-corrected chi connectivity index (χ4v) is 3.30. The molecule has 1 atom stereocenters. The lowest BCUT2D eigenvalue weighted by atomic mass is 9.83. The molecule has 2 nitrogen and oxygen atoms in total. The van der Waals surface area contributed by atoms with Gasteiger partial charge in [-0.3, -0.25) is 0 Å². The van der Waals surface area contributed by atoms with Crippen LogP contribution in [-0.4, -0.2) is 11.7 Å². The molecule has 26 heavy (non-hydrogen) atoms. The smallest absolute Gasteiger partial charge is 0.130 e. The van der Waals surface area contributed by atoms with Crippen molar-refractivity contribution in [2.75, 3.05) is 6.61 Å². The van der Waals surface area contributed by atoms with Crippen molar-refractivity contribution >= 4 is 10.8 Å². The van der Waals surface area contributed by atoms with Crippen LogP contribution in [0, 0.1) is 5.82 Å². The SMILES string of the molecule is CC(COc1cc(C(C)(C)C)c2ccccc2c1)c1c(O)cccc1F. The van der Waals surface area contributed by atoms with Crippen molar-refractivity contribution in [1.82, 2.24) is 0 Å². The van der Waals surface area contributed by atoms with Crippen LogP contribution in [0.2, 0.25) is 0 Å². The number of aromatic hydroxyl groups is 1. The first-order valence-corrected chi connectivity index (χ1v) is 8.91. The summed E-state index contributed by atoms with van der Waals surface area (Å²) in [5.41, 5.74) is 1.49. The fourth-order valence-electron chi connectivity index (χ4n) is 3.30. The summed E-state index contributed by atoms with van der Waals surface area (Å²) in [4.78, 5) is 0. The topological polar surface area (TPSA) is 29.5 Å². The average molecular weight is 352 g/mol. The lowest BCUT2D eigenvalue weighted by Crippen LogP contribution is -2.13. The average Bonchev–Trinajstić information content (AvgIpc) is 2.58. The number of ether oxygens (including phenoxy) is 1. The van der Waals surface area contributed by atoms with Crippen molar-refractivity contribution in [3.63, 3.8) is 0 Å². The first kappa shape index (κ1) is 18.2. The zero-order valence-electron chi connectivity index (χ0n) is 15.7. The van der Waals surface area contributed by atoms with E-state index in [0.717, 1.165) is 11.1 Å². The van der Waals surface area contributed by atoms with Gasteiger partial charge in [-0.1, -0.05) is 58.0 Å². The van der Waals surface area contributed by atoms with Crippen molar-refractivity contribution in [3.05, 3.63) is 71.5 Å². The molecule has 0 spiro atoms. The van der Waals surface area contributed by atoms with Gasteiger partial charge < -0.3 is 9.84 Å². The van der Waals surface area contributed by atoms with Crippen LogP contribution in [-0.2, 0) is 5.41 Å². The van der Waals surface area contributed by atoms with Gasteiger partial charge in [-0.2, -0.15) is 0 Å². The molecule has 0 aliphatic carbocycles. The molecule has 0 saturated carbocycles. The van der Waals surface area contributed by atoms with E-state index >= 15 is 0 Å². The molecule has 0 saturated heterocycles. The van der Waals surface area contributed by atoms with Crippen LogP contribution < -0.4 is 4.74 Å². The Labute approximate surface area is 154 Å². The monoisotopic (exact) mass is 352 g/mol. The van der Waals surface area contributed by atoms with Gasteiger partial charge in [0.15, 0.2) is 0 Å². The number of fused-ring (bicyclic) bond motifs is 1. The predicted octanol–water partition coefficient (Wildman–Crippen LogP) is 6.16. The third-order valence-corrected chi connectivity index (χ3v) is 4.67. The van der Waals surface area contributed by atoms with Gasteiger partial charge in [-0.05, 0) is 46.0 Å². The Bertz CT molecular complexity index is 905. The molecule has 3 rings (SSSR count). The Hall–Kier alpha value is -2.55. The molecule has 136 valence electrons. The first-order valence-electron chi connectivity index (χ1n) is 8.91. The van der Waals surface area contributed by atoms with Crippen molar-refractivity contribution in [3.8, 4) is 11.5 Å². The molecule has 0 heterocycles. The van der Waals surface area contributed by atoms with Gasteiger partial charge in [-0.25, -0.2) is 4.39 Å². The van der Waals surface area contributed by atoms with Crippen LogP contribution in [0.3, 0.4) is 0 Å². The van der Waals surface area contributed by atoms with E-state index in [2.05, 4.69) is 39.0 Å². The maximum absolute atomic E-state index is 14.0. The van der Waals surface area contributed by atoms with Crippen molar-refractivity contribution in [1.29, 1.82) is 0 Å². The maximum Gasteiger partial charge on any atom is 0.130 e. The molecular weight excluding hydrogens is 327 g/mol. The summed E-state index contributed by atoms with van der Waals surface area (Å²) >= 11 is 0. The highest BCUT2D eigenvalue weighted by Gasteiger charge is 2.20. The first-order chi connectivity index (χ1) is 12.3. The standard InChI is InChI=1S/C23H25FO2/c1-15(22-20(24)10-7-11-21(22)25)14-26-17-12-16-8-5-6-9-18(16)19(13-17)23(2,3)4/h5-13,15,25H,14H2,1-4H3. The predicted molar refractivity (Wildman–Crippen MR) is 105 cm³/mol. The molecule has 3 aromatic rings. The number of benzene rings is 3. The zero-order valence-corrected chi connectivity index (χ0v) is 15.7. The summed E-state index contributed by atoms with van der Waals surface area (Å²) in [6.07, 6.45) is 0. The number of phenols is 1. The van der Waals surface area contributed by atoms with Gasteiger partial charge in [0, 0.05) is 11.5 Å². The lowest BCUT2D eigenvalue weighted by molar-refractivity contribution is 0.289. The Morgan fingerprint density at radius 1 is 1.04 bits per heavy atom. The molecule has 0 aliphatic heterocycles. The van der Waals surface area contributed by atoms with Crippen LogP contribution in [0.25, 0.3) is 10.8 Å². The Morgan fingerprint density at radius 3 is 2.46 bits per heavy atom. The molecule has 3 heteroatoms. The fraction of sp³-hybridized carbons (Fsp3) is 0.304. The van der Waals surface area contributed by atoms with Gasteiger partial charge in [-0.15, -0.1) is 0 Å². The van der Waals surface area contributed by atoms with Gasteiger partial charge in [0.2, 0.25) is 0 Å². The third-order valence-electron chi connectivity index (χ3n) is 4.67. The van der Waals surface area contributed by atoms with Gasteiger partial charge in [0.25, 0.3) is 0 Å². The minimum Gasteiger partial charge on any atom is -0.508 e. The van der Waals surface area contributed by atoms with E-state index in [4.69, 9.17) is 4.74 Å². The highest BCUT2D eigenvalue weighted by molar-refractivity contribution is 5.88. The number of rotatable bonds is 4. The molecule has 0 bridgehead atoms. The van der Waals surface area contributed by atoms with Crippen LogP contribution in [0.15, 0.2) is 54.6 Å². The van der Waals surface area contributed by atoms with E-state index in [1.807, 2.05) is 25.1 Å². The van der Waals surface area contributed by atoms with Crippen molar-refractivity contribution < 1.29 is 14.2 Å². The molecule has 0 fully saturated rings. The highest BCUT2D eigenvalue weighted by Crippen LogP contribution is 2.35. The van der Waals surface area contributed by atoms with E-state index < -0.39 is 5.82 Å². The molecular formula is C23H25FO2. The zero-order chi connectivity index (χ0) is 18.9. The van der Waals surface area contributed by atoms with Crippen LogP contribution in [0.4, 0.5) is 4.39 Å². The molecule has 0 aliphatic rings. The minimum absolute atomic E-state index is 0.0194. The Morgan fingerprint density at radius 2 is 1.77 bits per heavy atom. The van der Waals surface area contributed by atoms with Crippen LogP contribution in [0.5, 0.6) is 11.5 Å². The molecule has 3 aromatic carbocycles. The molecule has 0 aromatic heterocycles. The normalized spacial score (nSPS) is 13.0. The molecule has 0 radical (unpaired) electrons. The van der Waals surface area contributed by atoms with Gasteiger partial charge >= 0.3 is 0 Å². The van der Waals surface area contributed by atoms with E-state index in [1.54, 1.807) is 0 Å². The third kappa shape index (κ3) is 3.67. The molecule has 0 amide bonds. The summed E-state index contributed by atoms with van der Waals surface area (Å²) in [5.74, 6) is 0.0574. The summed E-state index contributed by atoms with van der Waals surface area (Å²) in [5, 5.41) is 12.3. The Kier molecular flexibility index (Phi) is 4.90. The van der Waals surface area contributed by atoms with E-state index in [-0.39, 0.29) is 23.7 Å². The van der Waals surface area contributed by atoms with Crippen molar-refractivity contribution in [2.45, 2.75) is 39.0 Å². The van der Waals surface area contributed by atoms with Crippen molar-refractivity contribution in [2.24, 2.45) is 0 Å². The van der Waals surface area contributed by atoms with E-state index in [1.165, 1.54) is 29.1 Å². The molecule has 1 N–H and O–H groups in total. The largest absolute Gasteiger partial charge is 0.508 e. The quantitative estimate of drug-likeness (QED) is 0.609. The number of hydrogen-bond acceptors (Lipinski definition) is 2. The maximum atomic E-state index is 14.0. The lowest BCUT2D eigenvalue weighted by Gasteiger charge is -2.23.